The molecular formula is C25H19Cl2N3O3. The van der Waals surface area contributed by atoms with Gasteiger partial charge in [0.1, 0.15) is 17.4 Å². The summed E-state index contributed by atoms with van der Waals surface area (Å²) in [5, 5.41) is 15.5. The molecule has 0 heterocycles. The van der Waals surface area contributed by atoms with Gasteiger partial charge in [0.15, 0.2) is 6.61 Å². The number of rotatable bonds is 8. The van der Waals surface area contributed by atoms with Crippen LogP contribution < -0.4 is 15.4 Å². The average molecular weight is 480 g/mol. The number of nitrogens with zero attached hydrogens (tertiary/aromatic N) is 1. The van der Waals surface area contributed by atoms with Crippen LogP contribution in [0.2, 0.25) is 10.0 Å². The van der Waals surface area contributed by atoms with E-state index < -0.39 is 5.91 Å². The molecule has 166 valence electrons. The van der Waals surface area contributed by atoms with Crippen LogP contribution in [0, 0.1) is 11.3 Å². The van der Waals surface area contributed by atoms with Crippen molar-refractivity contribution in [3.05, 3.63) is 99.5 Å². The molecule has 3 aromatic carbocycles. The van der Waals surface area contributed by atoms with Gasteiger partial charge in [-0.15, -0.1) is 0 Å². The summed E-state index contributed by atoms with van der Waals surface area (Å²) in [7, 11) is 0. The Morgan fingerprint density at radius 1 is 0.970 bits per heavy atom. The highest BCUT2D eigenvalue weighted by atomic mass is 35.5. The van der Waals surface area contributed by atoms with Crippen LogP contribution in [0.25, 0.3) is 6.08 Å². The van der Waals surface area contributed by atoms with Crippen LogP contribution in [0.3, 0.4) is 0 Å². The first-order valence-corrected chi connectivity index (χ1v) is 10.6. The van der Waals surface area contributed by atoms with Crippen molar-refractivity contribution in [2.45, 2.75) is 6.54 Å². The number of amides is 2. The Labute approximate surface area is 201 Å². The standard InChI is InChI=1S/C25H19Cl2N3O3/c26-22-11-8-20(13-23(22)27)30-24(31)16-33-21-9-6-17(7-10-21)12-19(14-28)25(32)29-15-18-4-2-1-3-5-18/h1-13H,15-16H2,(H,29,32)(H,30,31)/b19-12+. The van der Waals surface area contributed by atoms with Gasteiger partial charge in [0, 0.05) is 12.2 Å². The average Bonchev–Trinajstić information content (AvgIpc) is 2.83. The van der Waals surface area contributed by atoms with Crippen molar-refractivity contribution < 1.29 is 14.3 Å². The number of anilines is 1. The van der Waals surface area contributed by atoms with E-state index in [1.807, 2.05) is 36.4 Å². The zero-order chi connectivity index (χ0) is 23.6. The molecule has 0 bridgehead atoms. The number of nitrogens with one attached hydrogen (secondary N) is 2. The summed E-state index contributed by atoms with van der Waals surface area (Å²) in [4.78, 5) is 24.4. The molecule has 0 aliphatic rings. The lowest BCUT2D eigenvalue weighted by Gasteiger charge is -2.08. The number of ether oxygens (including phenoxy) is 1. The largest absolute Gasteiger partial charge is 0.484 e. The van der Waals surface area contributed by atoms with Crippen molar-refractivity contribution in [3.63, 3.8) is 0 Å². The molecule has 0 saturated heterocycles. The molecule has 0 radical (unpaired) electrons. The Morgan fingerprint density at radius 3 is 2.36 bits per heavy atom. The maximum absolute atomic E-state index is 12.3. The van der Waals surface area contributed by atoms with Gasteiger partial charge in [-0.05, 0) is 47.5 Å². The molecule has 0 saturated carbocycles. The first kappa shape index (κ1) is 23.9. The highest BCUT2D eigenvalue weighted by Crippen LogP contribution is 2.25. The highest BCUT2D eigenvalue weighted by Gasteiger charge is 2.09. The number of hydrogen-bond donors (Lipinski definition) is 2. The molecule has 3 rings (SSSR count). The molecule has 6 nitrogen and oxygen atoms in total. The Morgan fingerprint density at radius 2 is 1.70 bits per heavy atom. The van der Waals surface area contributed by atoms with Crippen molar-refractivity contribution in [2.24, 2.45) is 0 Å². The van der Waals surface area contributed by atoms with Crippen LogP contribution in [0.1, 0.15) is 11.1 Å². The van der Waals surface area contributed by atoms with Crippen LogP contribution >= 0.6 is 23.2 Å². The lowest BCUT2D eigenvalue weighted by atomic mass is 10.1. The van der Waals surface area contributed by atoms with Crippen molar-refractivity contribution in [3.8, 4) is 11.8 Å². The van der Waals surface area contributed by atoms with Crippen molar-refractivity contribution in [1.29, 1.82) is 5.26 Å². The van der Waals surface area contributed by atoms with E-state index >= 15 is 0 Å². The van der Waals surface area contributed by atoms with Gasteiger partial charge < -0.3 is 15.4 Å². The smallest absolute Gasteiger partial charge is 0.262 e. The predicted octanol–water partition coefficient (Wildman–Crippen LogP) is 5.23. The Kier molecular flexibility index (Phi) is 8.48. The lowest BCUT2D eigenvalue weighted by molar-refractivity contribution is -0.118. The second-order valence-electron chi connectivity index (χ2n) is 6.87. The van der Waals surface area contributed by atoms with E-state index in [0.717, 1.165) is 5.56 Å². The van der Waals surface area contributed by atoms with Gasteiger partial charge in [-0.3, -0.25) is 9.59 Å². The summed E-state index contributed by atoms with van der Waals surface area (Å²) in [6.07, 6.45) is 1.49. The number of nitriles is 1. The third kappa shape index (κ3) is 7.39. The Balaban J connectivity index is 1.53. The fraction of sp³-hybridized carbons (Fsp3) is 0.0800. The number of benzene rings is 3. The van der Waals surface area contributed by atoms with E-state index in [4.69, 9.17) is 27.9 Å². The molecule has 0 aliphatic carbocycles. The molecule has 3 aromatic rings. The molecule has 0 spiro atoms. The number of carbonyl (C=O) groups excluding carboxylic acids is 2. The maximum atomic E-state index is 12.3. The van der Waals surface area contributed by atoms with Crippen LogP contribution in [-0.2, 0) is 16.1 Å². The molecule has 2 amide bonds. The minimum absolute atomic E-state index is 0.0133. The third-order valence-corrected chi connectivity index (χ3v) is 5.16. The van der Waals surface area contributed by atoms with E-state index in [-0.39, 0.29) is 18.1 Å². The normalized spacial score (nSPS) is 10.8. The third-order valence-electron chi connectivity index (χ3n) is 4.43. The zero-order valence-electron chi connectivity index (χ0n) is 17.3. The SMILES string of the molecule is N#C/C(=C\c1ccc(OCC(=O)Nc2ccc(Cl)c(Cl)c2)cc1)C(=O)NCc1ccccc1. The molecule has 2 N–H and O–H groups in total. The van der Waals surface area contributed by atoms with Gasteiger partial charge in [-0.2, -0.15) is 5.26 Å². The van der Waals surface area contributed by atoms with E-state index in [1.165, 1.54) is 6.08 Å². The maximum Gasteiger partial charge on any atom is 0.262 e. The van der Waals surface area contributed by atoms with Crippen molar-refractivity contribution >= 4 is 46.8 Å². The summed E-state index contributed by atoms with van der Waals surface area (Å²) in [5.41, 5.74) is 2.08. The summed E-state index contributed by atoms with van der Waals surface area (Å²) < 4.78 is 5.48. The number of halogens is 2. The van der Waals surface area contributed by atoms with Gasteiger partial charge in [0.05, 0.1) is 10.0 Å². The van der Waals surface area contributed by atoms with Crippen LogP contribution in [0.15, 0.2) is 78.4 Å². The Bertz CT molecular complexity index is 1200. The fourth-order valence-electron chi connectivity index (χ4n) is 2.77. The second kappa shape index (κ2) is 11.7. The quantitative estimate of drug-likeness (QED) is 0.341. The van der Waals surface area contributed by atoms with Gasteiger partial charge in [-0.25, -0.2) is 0 Å². The van der Waals surface area contributed by atoms with E-state index in [9.17, 15) is 14.9 Å². The van der Waals surface area contributed by atoms with E-state index in [1.54, 1.807) is 42.5 Å². The second-order valence-corrected chi connectivity index (χ2v) is 7.69. The Hall–Kier alpha value is -3.79. The van der Waals surface area contributed by atoms with Gasteiger partial charge >= 0.3 is 0 Å². The summed E-state index contributed by atoms with van der Waals surface area (Å²) in [6.45, 7) is 0.122. The zero-order valence-corrected chi connectivity index (χ0v) is 18.9. The minimum Gasteiger partial charge on any atom is -0.484 e. The summed E-state index contributed by atoms with van der Waals surface area (Å²) in [5.74, 6) is -0.358. The summed E-state index contributed by atoms with van der Waals surface area (Å²) in [6, 6.07) is 22.8. The van der Waals surface area contributed by atoms with Crippen LogP contribution in [0.4, 0.5) is 5.69 Å². The highest BCUT2D eigenvalue weighted by molar-refractivity contribution is 6.42. The topological polar surface area (TPSA) is 91.2 Å². The molecule has 33 heavy (non-hydrogen) atoms. The lowest BCUT2D eigenvalue weighted by Crippen LogP contribution is -2.23. The summed E-state index contributed by atoms with van der Waals surface area (Å²) >= 11 is 11.8. The molecule has 8 heteroatoms. The van der Waals surface area contributed by atoms with E-state index in [2.05, 4.69) is 10.6 Å². The minimum atomic E-state index is -0.458. The number of hydrogen-bond acceptors (Lipinski definition) is 4. The molecule has 0 fully saturated rings. The monoisotopic (exact) mass is 479 g/mol. The van der Waals surface area contributed by atoms with Gasteiger partial charge in [0.2, 0.25) is 0 Å². The van der Waals surface area contributed by atoms with Crippen LogP contribution in [0.5, 0.6) is 5.75 Å². The van der Waals surface area contributed by atoms with E-state index in [0.29, 0.717) is 33.6 Å². The molecule has 0 aromatic heterocycles. The fourth-order valence-corrected chi connectivity index (χ4v) is 3.07. The van der Waals surface area contributed by atoms with Crippen LogP contribution in [-0.4, -0.2) is 18.4 Å². The number of carbonyl (C=O) groups is 2. The van der Waals surface area contributed by atoms with Gasteiger partial charge in [-0.1, -0.05) is 65.7 Å². The molecule has 0 aliphatic heterocycles. The molecular weight excluding hydrogens is 461 g/mol. The van der Waals surface area contributed by atoms with Crippen molar-refractivity contribution in [1.82, 2.24) is 5.32 Å². The van der Waals surface area contributed by atoms with Crippen molar-refractivity contribution in [2.75, 3.05) is 11.9 Å². The first-order valence-electron chi connectivity index (χ1n) is 9.86. The molecule has 0 atom stereocenters. The predicted molar refractivity (Wildman–Crippen MR) is 129 cm³/mol. The first-order chi connectivity index (χ1) is 15.9. The van der Waals surface area contributed by atoms with Gasteiger partial charge in [0.25, 0.3) is 11.8 Å². The molecule has 0 unspecified atom stereocenters.